The minimum absolute atomic E-state index is 0.0971. The van der Waals surface area contributed by atoms with Crippen molar-refractivity contribution in [1.29, 1.82) is 0 Å². The molecule has 24 heavy (non-hydrogen) atoms. The molecule has 2 rings (SSSR count). The molecular weight excluding hydrogens is 339 g/mol. The standard InChI is InChI=1S/C15H15FN2O5S/c1-23-12-4-2-11(3-5-12)8-9-17-24(21,22)13-6-7-14(16)15(10-13)18(19)20/h2-7,10,17H,8-9H2,1H3. The van der Waals surface area contributed by atoms with Crippen LogP contribution in [0.1, 0.15) is 5.56 Å². The molecule has 0 aromatic heterocycles. The van der Waals surface area contributed by atoms with Gasteiger partial charge in [-0.15, -0.1) is 0 Å². The van der Waals surface area contributed by atoms with E-state index in [-0.39, 0.29) is 11.4 Å². The van der Waals surface area contributed by atoms with Gasteiger partial charge in [-0.2, -0.15) is 4.39 Å². The Kier molecular flexibility index (Phi) is 5.47. The van der Waals surface area contributed by atoms with Crippen molar-refractivity contribution in [3.05, 3.63) is 64.0 Å². The molecule has 128 valence electrons. The minimum Gasteiger partial charge on any atom is -0.497 e. The Morgan fingerprint density at radius 2 is 1.88 bits per heavy atom. The van der Waals surface area contributed by atoms with Crippen LogP contribution in [0, 0.1) is 15.9 Å². The largest absolute Gasteiger partial charge is 0.497 e. The summed E-state index contributed by atoms with van der Waals surface area (Å²) in [5.74, 6) is -0.393. The SMILES string of the molecule is COc1ccc(CCNS(=O)(=O)c2ccc(F)c([N+](=O)[O-])c2)cc1. The van der Waals surface area contributed by atoms with E-state index in [1.807, 2.05) is 0 Å². The van der Waals surface area contributed by atoms with E-state index in [2.05, 4.69) is 4.72 Å². The van der Waals surface area contributed by atoms with E-state index in [9.17, 15) is 22.9 Å². The second-order valence-corrected chi connectivity index (χ2v) is 6.63. The third kappa shape index (κ3) is 4.27. The first-order valence-electron chi connectivity index (χ1n) is 6.90. The Morgan fingerprint density at radius 3 is 2.46 bits per heavy atom. The number of nitro benzene ring substituents is 1. The smallest absolute Gasteiger partial charge is 0.306 e. The minimum atomic E-state index is -3.96. The van der Waals surface area contributed by atoms with Crippen LogP contribution in [0.2, 0.25) is 0 Å². The quantitative estimate of drug-likeness (QED) is 0.607. The van der Waals surface area contributed by atoms with Crippen molar-refractivity contribution < 1.29 is 22.5 Å². The maximum absolute atomic E-state index is 13.3. The van der Waals surface area contributed by atoms with E-state index in [0.717, 1.165) is 17.7 Å². The lowest BCUT2D eigenvalue weighted by atomic mass is 10.1. The molecule has 0 bridgehead atoms. The lowest BCUT2D eigenvalue weighted by Gasteiger charge is -2.07. The third-order valence-corrected chi connectivity index (χ3v) is 4.75. The zero-order valence-electron chi connectivity index (χ0n) is 12.7. The number of nitrogens with zero attached hydrogens (tertiary/aromatic N) is 1. The average molecular weight is 354 g/mol. The Hall–Kier alpha value is -2.52. The molecule has 2 aromatic carbocycles. The predicted molar refractivity (Wildman–Crippen MR) is 84.9 cm³/mol. The Bertz CT molecular complexity index is 837. The zero-order valence-corrected chi connectivity index (χ0v) is 13.5. The molecule has 0 saturated carbocycles. The molecule has 0 aliphatic rings. The maximum atomic E-state index is 13.3. The fraction of sp³-hybridized carbons (Fsp3) is 0.200. The van der Waals surface area contributed by atoms with E-state index in [4.69, 9.17) is 4.74 Å². The van der Waals surface area contributed by atoms with Gasteiger partial charge < -0.3 is 4.74 Å². The van der Waals surface area contributed by atoms with Gasteiger partial charge in [0.15, 0.2) is 0 Å². The highest BCUT2D eigenvalue weighted by Gasteiger charge is 2.21. The Balaban J connectivity index is 2.05. The molecule has 1 N–H and O–H groups in total. The fourth-order valence-corrected chi connectivity index (χ4v) is 3.06. The highest BCUT2D eigenvalue weighted by Crippen LogP contribution is 2.21. The van der Waals surface area contributed by atoms with Gasteiger partial charge in [-0.3, -0.25) is 10.1 Å². The number of hydrogen-bond donors (Lipinski definition) is 1. The molecule has 2 aromatic rings. The first-order valence-corrected chi connectivity index (χ1v) is 8.38. The van der Waals surface area contributed by atoms with Gasteiger partial charge in [-0.05, 0) is 36.2 Å². The van der Waals surface area contributed by atoms with E-state index >= 15 is 0 Å². The van der Waals surface area contributed by atoms with Crippen molar-refractivity contribution in [2.24, 2.45) is 0 Å². The molecule has 0 radical (unpaired) electrons. The number of nitro groups is 1. The van der Waals surface area contributed by atoms with Crippen LogP contribution in [0.15, 0.2) is 47.4 Å². The highest BCUT2D eigenvalue weighted by molar-refractivity contribution is 7.89. The summed E-state index contributed by atoms with van der Waals surface area (Å²) in [5, 5.41) is 10.7. The van der Waals surface area contributed by atoms with Gasteiger partial charge >= 0.3 is 5.69 Å². The summed E-state index contributed by atoms with van der Waals surface area (Å²) in [7, 11) is -2.42. The van der Waals surface area contributed by atoms with Gasteiger partial charge in [0, 0.05) is 12.6 Å². The fourth-order valence-electron chi connectivity index (χ4n) is 2.00. The summed E-state index contributed by atoms with van der Waals surface area (Å²) in [4.78, 5) is 9.37. The Morgan fingerprint density at radius 1 is 1.21 bits per heavy atom. The van der Waals surface area contributed by atoms with Crippen LogP contribution in [-0.4, -0.2) is 27.0 Å². The summed E-state index contributed by atoms with van der Waals surface area (Å²) >= 11 is 0. The first-order chi connectivity index (χ1) is 11.3. The van der Waals surface area contributed by atoms with Crippen LogP contribution >= 0.6 is 0 Å². The van der Waals surface area contributed by atoms with Gasteiger partial charge in [-0.25, -0.2) is 13.1 Å². The third-order valence-electron chi connectivity index (χ3n) is 3.29. The van der Waals surface area contributed by atoms with Gasteiger partial charge in [0.1, 0.15) is 5.75 Å². The van der Waals surface area contributed by atoms with Crippen LogP contribution < -0.4 is 9.46 Å². The van der Waals surface area contributed by atoms with E-state index in [0.29, 0.717) is 18.2 Å². The lowest BCUT2D eigenvalue weighted by Crippen LogP contribution is -2.26. The molecular formula is C15H15FN2O5S. The van der Waals surface area contributed by atoms with E-state index in [1.54, 1.807) is 31.4 Å². The van der Waals surface area contributed by atoms with Gasteiger partial charge in [0.2, 0.25) is 15.8 Å². The van der Waals surface area contributed by atoms with Gasteiger partial charge in [-0.1, -0.05) is 12.1 Å². The van der Waals surface area contributed by atoms with Crippen LogP contribution in [0.3, 0.4) is 0 Å². The second kappa shape index (κ2) is 7.37. The summed E-state index contributed by atoms with van der Waals surface area (Å²) in [6.45, 7) is 0.0971. The van der Waals surface area contributed by atoms with Crippen molar-refractivity contribution in [3.8, 4) is 5.75 Å². The number of benzene rings is 2. The molecule has 7 nitrogen and oxygen atoms in total. The van der Waals surface area contributed by atoms with E-state index in [1.165, 1.54) is 0 Å². The van der Waals surface area contributed by atoms with Crippen LogP contribution in [0.5, 0.6) is 5.75 Å². The number of nitrogens with one attached hydrogen (secondary N) is 1. The van der Waals surface area contributed by atoms with Crippen LogP contribution in [-0.2, 0) is 16.4 Å². The van der Waals surface area contributed by atoms with E-state index < -0.39 is 26.5 Å². The molecule has 0 spiro atoms. The topological polar surface area (TPSA) is 98.5 Å². The number of ether oxygens (including phenoxy) is 1. The zero-order chi connectivity index (χ0) is 17.7. The predicted octanol–water partition coefficient (Wildman–Crippen LogP) is 2.26. The molecule has 0 aliphatic heterocycles. The first kappa shape index (κ1) is 17.8. The maximum Gasteiger partial charge on any atom is 0.306 e. The summed E-state index contributed by atoms with van der Waals surface area (Å²) < 4.78 is 44.9. The number of sulfonamides is 1. The van der Waals surface area contributed by atoms with Crippen molar-refractivity contribution in [3.63, 3.8) is 0 Å². The van der Waals surface area contributed by atoms with Crippen LogP contribution in [0.25, 0.3) is 0 Å². The molecule has 0 unspecified atom stereocenters. The second-order valence-electron chi connectivity index (χ2n) is 4.87. The normalized spacial score (nSPS) is 11.2. The van der Waals surface area contributed by atoms with Gasteiger partial charge in [0.25, 0.3) is 0 Å². The number of rotatable bonds is 7. The van der Waals surface area contributed by atoms with Crippen molar-refractivity contribution >= 4 is 15.7 Å². The molecule has 9 heteroatoms. The monoisotopic (exact) mass is 354 g/mol. The van der Waals surface area contributed by atoms with Gasteiger partial charge in [0.05, 0.1) is 16.9 Å². The summed E-state index contributed by atoms with van der Waals surface area (Å²) in [6.07, 6.45) is 0.423. The number of halogens is 1. The van der Waals surface area contributed by atoms with Crippen molar-refractivity contribution in [2.45, 2.75) is 11.3 Å². The molecule has 0 amide bonds. The number of methoxy groups -OCH3 is 1. The molecule has 0 fully saturated rings. The Labute approximate surface area is 138 Å². The van der Waals surface area contributed by atoms with Crippen molar-refractivity contribution in [1.82, 2.24) is 4.72 Å². The highest BCUT2D eigenvalue weighted by atomic mass is 32.2. The number of hydrogen-bond acceptors (Lipinski definition) is 5. The lowest BCUT2D eigenvalue weighted by molar-refractivity contribution is -0.387. The summed E-state index contributed by atoms with van der Waals surface area (Å²) in [5.41, 5.74) is 0.0108. The summed E-state index contributed by atoms with van der Waals surface area (Å²) in [6, 6.07) is 9.56. The van der Waals surface area contributed by atoms with Crippen LogP contribution in [0.4, 0.5) is 10.1 Å². The van der Waals surface area contributed by atoms with Crippen molar-refractivity contribution in [2.75, 3.05) is 13.7 Å². The average Bonchev–Trinajstić information content (AvgIpc) is 2.55. The molecule has 0 heterocycles. The molecule has 0 saturated heterocycles. The molecule has 0 atom stereocenters. The molecule has 0 aliphatic carbocycles.